The molecular formula is C23H32N4O3. The van der Waals surface area contributed by atoms with E-state index in [1.54, 1.807) is 21.3 Å². The number of piperidine rings is 1. The van der Waals surface area contributed by atoms with Crippen molar-refractivity contribution in [3.05, 3.63) is 47.8 Å². The number of hydrazine groups is 1. The molecule has 0 amide bonds. The van der Waals surface area contributed by atoms with Gasteiger partial charge >= 0.3 is 0 Å². The highest BCUT2D eigenvalue weighted by Gasteiger charge is 2.34. The Morgan fingerprint density at radius 2 is 1.87 bits per heavy atom. The molecule has 3 unspecified atom stereocenters. The number of methoxy groups -OCH3 is 3. The molecule has 2 saturated heterocycles. The largest absolute Gasteiger partial charge is 0.493 e. The van der Waals surface area contributed by atoms with Crippen molar-refractivity contribution in [3.8, 4) is 17.2 Å². The van der Waals surface area contributed by atoms with E-state index in [4.69, 9.17) is 14.2 Å². The number of benzene rings is 1. The van der Waals surface area contributed by atoms with E-state index in [1.807, 2.05) is 30.6 Å². The number of nitrogens with one attached hydrogen (secondary N) is 2. The van der Waals surface area contributed by atoms with Crippen molar-refractivity contribution < 1.29 is 14.2 Å². The van der Waals surface area contributed by atoms with Crippen LogP contribution in [-0.2, 0) is 0 Å². The van der Waals surface area contributed by atoms with E-state index in [0.29, 0.717) is 29.2 Å². The lowest BCUT2D eigenvalue weighted by Gasteiger charge is -2.38. The molecule has 2 fully saturated rings. The van der Waals surface area contributed by atoms with Crippen LogP contribution in [0.3, 0.4) is 0 Å². The van der Waals surface area contributed by atoms with E-state index in [9.17, 15) is 0 Å². The van der Waals surface area contributed by atoms with Crippen LogP contribution in [0.4, 0.5) is 0 Å². The van der Waals surface area contributed by atoms with Gasteiger partial charge in [-0.3, -0.25) is 15.3 Å². The number of hydrogen-bond donors (Lipinski definition) is 2. The molecule has 2 aliphatic rings. The monoisotopic (exact) mass is 412 g/mol. The Morgan fingerprint density at radius 3 is 2.53 bits per heavy atom. The van der Waals surface area contributed by atoms with Crippen LogP contribution in [0.1, 0.15) is 42.5 Å². The third kappa shape index (κ3) is 4.24. The van der Waals surface area contributed by atoms with Gasteiger partial charge in [-0.1, -0.05) is 12.5 Å². The van der Waals surface area contributed by atoms with Crippen LogP contribution in [0.25, 0.3) is 0 Å². The molecule has 7 nitrogen and oxygen atoms in total. The van der Waals surface area contributed by atoms with Gasteiger partial charge in [-0.05, 0) is 48.7 Å². The molecule has 0 saturated carbocycles. The second kappa shape index (κ2) is 9.64. The molecule has 2 aromatic rings. The zero-order chi connectivity index (χ0) is 20.9. The molecule has 1 aromatic heterocycles. The van der Waals surface area contributed by atoms with Crippen molar-refractivity contribution in [2.75, 3.05) is 41.0 Å². The smallest absolute Gasteiger partial charge is 0.203 e. The fourth-order valence-corrected chi connectivity index (χ4v) is 4.80. The average Bonchev–Trinajstić information content (AvgIpc) is 3.27. The summed E-state index contributed by atoms with van der Waals surface area (Å²) >= 11 is 0. The van der Waals surface area contributed by atoms with Gasteiger partial charge in [-0.2, -0.15) is 0 Å². The van der Waals surface area contributed by atoms with Gasteiger partial charge in [-0.25, -0.2) is 5.43 Å². The minimum absolute atomic E-state index is 0.162. The number of pyridine rings is 1. The van der Waals surface area contributed by atoms with Crippen molar-refractivity contribution in [2.45, 2.75) is 31.3 Å². The second-order valence-corrected chi connectivity index (χ2v) is 8.01. The predicted molar refractivity (Wildman–Crippen MR) is 116 cm³/mol. The highest BCUT2D eigenvalue weighted by Crippen LogP contribution is 2.42. The van der Waals surface area contributed by atoms with E-state index in [0.717, 1.165) is 25.2 Å². The Kier molecular flexibility index (Phi) is 6.72. The van der Waals surface area contributed by atoms with Crippen LogP contribution in [0.5, 0.6) is 17.2 Å². The minimum Gasteiger partial charge on any atom is -0.493 e. The Bertz CT molecular complexity index is 807. The van der Waals surface area contributed by atoms with Gasteiger partial charge in [0, 0.05) is 37.4 Å². The van der Waals surface area contributed by atoms with Crippen molar-refractivity contribution in [2.24, 2.45) is 5.92 Å². The van der Waals surface area contributed by atoms with E-state index >= 15 is 0 Å². The Hall–Kier alpha value is -2.35. The van der Waals surface area contributed by atoms with Crippen LogP contribution < -0.4 is 25.1 Å². The van der Waals surface area contributed by atoms with Crippen molar-refractivity contribution in [1.82, 2.24) is 20.7 Å². The minimum atomic E-state index is 0.162. The van der Waals surface area contributed by atoms with Gasteiger partial charge < -0.3 is 14.2 Å². The summed E-state index contributed by atoms with van der Waals surface area (Å²) in [5.41, 5.74) is 9.29. The van der Waals surface area contributed by atoms with Crippen molar-refractivity contribution in [1.29, 1.82) is 0 Å². The molecule has 0 bridgehead atoms. The van der Waals surface area contributed by atoms with Gasteiger partial charge in [0.1, 0.15) is 0 Å². The summed E-state index contributed by atoms with van der Waals surface area (Å²) < 4.78 is 16.6. The molecule has 2 aliphatic heterocycles. The van der Waals surface area contributed by atoms with Crippen LogP contribution in [-0.4, -0.2) is 50.8 Å². The molecule has 3 heterocycles. The Balaban J connectivity index is 1.56. The molecule has 30 heavy (non-hydrogen) atoms. The molecular weight excluding hydrogens is 380 g/mol. The average molecular weight is 413 g/mol. The van der Waals surface area contributed by atoms with E-state index in [1.165, 1.54) is 24.8 Å². The van der Waals surface area contributed by atoms with Crippen molar-refractivity contribution in [3.63, 3.8) is 0 Å². The number of nitrogens with zero attached hydrogens (tertiary/aromatic N) is 2. The fourth-order valence-electron chi connectivity index (χ4n) is 4.80. The quantitative estimate of drug-likeness (QED) is 0.724. The first-order valence-electron chi connectivity index (χ1n) is 10.7. The normalized spacial score (nSPS) is 24.6. The van der Waals surface area contributed by atoms with Crippen LogP contribution in [0.15, 0.2) is 36.7 Å². The maximum Gasteiger partial charge on any atom is 0.203 e. The Labute approximate surface area is 178 Å². The molecule has 3 atom stereocenters. The summed E-state index contributed by atoms with van der Waals surface area (Å²) in [4.78, 5) is 6.98. The zero-order valence-electron chi connectivity index (χ0n) is 18.1. The maximum absolute atomic E-state index is 5.57. The summed E-state index contributed by atoms with van der Waals surface area (Å²) in [6.07, 6.45) is 7.58. The molecule has 2 N–H and O–H groups in total. The third-order valence-electron chi connectivity index (χ3n) is 6.29. The lowest BCUT2D eigenvalue weighted by molar-refractivity contribution is 0.123. The molecule has 162 valence electrons. The number of aromatic nitrogens is 1. The first kappa shape index (κ1) is 20.9. The highest BCUT2D eigenvalue weighted by molar-refractivity contribution is 5.54. The lowest BCUT2D eigenvalue weighted by Crippen LogP contribution is -2.39. The van der Waals surface area contributed by atoms with E-state index in [2.05, 4.69) is 26.8 Å². The first-order valence-corrected chi connectivity index (χ1v) is 10.7. The number of ether oxygens (including phenoxy) is 3. The number of hydrogen-bond acceptors (Lipinski definition) is 7. The molecule has 1 aromatic carbocycles. The van der Waals surface area contributed by atoms with Crippen LogP contribution in [0, 0.1) is 5.92 Å². The third-order valence-corrected chi connectivity index (χ3v) is 6.29. The molecule has 4 rings (SSSR count). The lowest BCUT2D eigenvalue weighted by atomic mass is 9.90. The molecule has 0 spiro atoms. The SMILES string of the molecule is COc1cc(C2NNCC2CN2CCCCC2c2cccnc2)cc(OC)c1OC. The first-order chi connectivity index (χ1) is 14.7. The highest BCUT2D eigenvalue weighted by atomic mass is 16.5. The van der Waals surface area contributed by atoms with Gasteiger partial charge in [-0.15, -0.1) is 0 Å². The van der Waals surface area contributed by atoms with E-state index in [-0.39, 0.29) is 6.04 Å². The molecule has 0 radical (unpaired) electrons. The molecule has 0 aliphatic carbocycles. The number of rotatable bonds is 7. The fraction of sp³-hybridized carbons (Fsp3) is 0.522. The number of likely N-dealkylation sites (tertiary alicyclic amines) is 1. The van der Waals surface area contributed by atoms with Crippen LogP contribution >= 0.6 is 0 Å². The van der Waals surface area contributed by atoms with Crippen LogP contribution in [0.2, 0.25) is 0 Å². The summed E-state index contributed by atoms with van der Waals surface area (Å²) in [6, 6.07) is 8.95. The van der Waals surface area contributed by atoms with Gasteiger partial charge in [0.2, 0.25) is 5.75 Å². The molecule has 7 heteroatoms. The van der Waals surface area contributed by atoms with Gasteiger partial charge in [0.05, 0.1) is 27.4 Å². The Morgan fingerprint density at radius 1 is 1.07 bits per heavy atom. The topological polar surface area (TPSA) is 67.9 Å². The van der Waals surface area contributed by atoms with Crippen molar-refractivity contribution >= 4 is 0 Å². The standard InChI is InChI=1S/C23H32N4O3/c1-28-20-11-17(12-21(29-2)23(20)30-3)22-18(14-25-26-22)15-27-10-5-4-8-19(27)16-7-6-9-24-13-16/h6-7,9,11-13,18-19,22,25-26H,4-5,8,10,14-15H2,1-3H3. The maximum atomic E-state index is 5.57. The van der Waals surface area contributed by atoms with Gasteiger partial charge in [0.15, 0.2) is 11.5 Å². The van der Waals surface area contributed by atoms with Gasteiger partial charge in [0.25, 0.3) is 0 Å². The van der Waals surface area contributed by atoms with E-state index < -0.39 is 0 Å². The summed E-state index contributed by atoms with van der Waals surface area (Å²) in [6.45, 7) is 3.05. The predicted octanol–water partition coefficient (Wildman–Crippen LogP) is 3.10. The zero-order valence-corrected chi connectivity index (χ0v) is 18.1. The summed E-state index contributed by atoms with van der Waals surface area (Å²) in [5.74, 6) is 2.42. The summed E-state index contributed by atoms with van der Waals surface area (Å²) in [7, 11) is 4.95. The second-order valence-electron chi connectivity index (χ2n) is 8.01. The summed E-state index contributed by atoms with van der Waals surface area (Å²) in [5, 5.41) is 0.